The Morgan fingerprint density at radius 2 is 2.05 bits per heavy atom. The Morgan fingerprint density at radius 3 is 2.55 bits per heavy atom. The summed E-state index contributed by atoms with van der Waals surface area (Å²) in [5.41, 5.74) is 0.809. The summed E-state index contributed by atoms with van der Waals surface area (Å²) >= 11 is 5.82. The Morgan fingerprint density at radius 1 is 1.40 bits per heavy atom. The molecule has 0 aliphatic rings. The van der Waals surface area contributed by atoms with Gasteiger partial charge >= 0.3 is 5.97 Å². The van der Waals surface area contributed by atoms with Crippen LogP contribution in [0.3, 0.4) is 0 Å². The zero-order valence-corrected chi connectivity index (χ0v) is 12.4. The highest BCUT2D eigenvalue weighted by Crippen LogP contribution is 2.21. The Kier molecular flexibility index (Phi) is 5.82. The highest BCUT2D eigenvalue weighted by Gasteiger charge is 2.23. The van der Waals surface area contributed by atoms with Crippen LogP contribution in [0, 0.1) is 12.8 Å². The second-order valence-electron chi connectivity index (χ2n) is 4.83. The lowest BCUT2D eigenvalue weighted by atomic mass is 10.1. The van der Waals surface area contributed by atoms with Gasteiger partial charge in [-0.25, -0.2) is 4.79 Å². The fourth-order valence-corrected chi connectivity index (χ4v) is 1.87. The van der Waals surface area contributed by atoms with E-state index in [2.05, 4.69) is 5.32 Å². The van der Waals surface area contributed by atoms with Gasteiger partial charge in [-0.05, 0) is 36.6 Å². The number of carboxylic acid groups (broad SMARTS) is 1. The van der Waals surface area contributed by atoms with Crippen molar-refractivity contribution >= 4 is 23.5 Å². The van der Waals surface area contributed by atoms with E-state index in [1.54, 1.807) is 32.0 Å². The first-order valence-electron chi connectivity index (χ1n) is 6.22. The van der Waals surface area contributed by atoms with E-state index in [0.29, 0.717) is 10.8 Å². The van der Waals surface area contributed by atoms with Crippen LogP contribution in [0.25, 0.3) is 0 Å². The van der Waals surface area contributed by atoms with Crippen LogP contribution < -0.4 is 10.1 Å². The first-order valence-corrected chi connectivity index (χ1v) is 6.60. The van der Waals surface area contributed by atoms with Gasteiger partial charge in [0.15, 0.2) is 6.61 Å². The molecule has 0 aromatic heterocycles. The van der Waals surface area contributed by atoms with Crippen molar-refractivity contribution < 1.29 is 19.4 Å². The summed E-state index contributed by atoms with van der Waals surface area (Å²) in [5.74, 6) is -1.19. The third-order valence-corrected chi connectivity index (χ3v) is 2.98. The Labute approximate surface area is 122 Å². The molecule has 6 heteroatoms. The van der Waals surface area contributed by atoms with Gasteiger partial charge in [0.25, 0.3) is 5.91 Å². The molecular weight excluding hydrogens is 282 g/mol. The van der Waals surface area contributed by atoms with Crippen LogP contribution in [0.15, 0.2) is 18.2 Å². The first kappa shape index (κ1) is 16.3. The number of benzene rings is 1. The van der Waals surface area contributed by atoms with Crippen LogP contribution >= 0.6 is 11.6 Å². The van der Waals surface area contributed by atoms with Crippen LogP contribution in [-0.4, -0.2) is 29.6 Å². The minimum Gasteiger partial charge on any atom is -0.484 e. The minimum absolute atomic E-state index is 0.200. The maximum atomic E-state index is 11.7. The molecule has 0 spiro atoms. The lowest BCUT2D eigenvalue weighted by Crippen LogP contribution is -2.46. The number of aliphatic carboxylic acids is 1. The van der Waals surface area contributed by atoms with E-state index in [9.17, 15) is 9.59 Å². The van der Waals surface area contributed by atoms with E-state index in [1.807, 2.05) is 6.92 Å². The van der Waals surface area contributed by atoms with Crippen molar-refractivity contribution in [1.82, 2.24) is 5.32 Å². The molecule has 1 aromatic carbocycles. The molecule has 2 N–H and O–H groups in total. The predicted molar refractivity (Wildman–Crippen MR) is 76.1 cm³/mol. The highest BCUT2D eigenvalue weighted by atomic mass is 35.5. The molecule has 0 radical (unpaired) electrons. The van der Waals surface area contributed by atoms with Gasteiger partial charge in [-0.1, -0.05) is 25.4 Å². The van der Waals surface area contributed by atoms with E-state index in [4.69, 9.17) is 21.4 Å². The number of amides is 1. The molecule has 0 fully saturated rings. The summed E-state index contributed by atoms with van der Waals surface area (Å²) in [6.07, 6.45) is 0. The molecule has 0 aliphatic carbocycles. The van der Waals surface area contributed by atoms with Gasteiger partial charge in [-0.3, -0.25) is 4.79 Å². The summed E-state index contributed by atoms with van der Waals surface area (Å²) in [6, 6.07) is 4.14. The van der Waals surface area contributed by atoms with Crippen LogP contribution in [0.1, 0.15) is 19.4 Å². The minimum atomic E-state index is -1.06. The number of rotatable bonds is 6. The van der Waals surface area contributed by atoms with Crippen LogP contribution in [0.5, 0.6) is 5.75 Å². The number of halogens is 1. The zero-order chi connectivity index (χ0) is 15.3. The molecule has 0 unspecified atom stereocenters. The van der Waals surface area contributed by atoms with Gasteiger partial charge in [0.2, 0.25) is 0 Å². The quantitative estimate of drug-likeness (QED) is 0.845. The Balaban J connectivity index is 2.57. The molecule has 0 aliphatic heterocycles. The van der Waals surface area contributed by atoms with Gasteiger partial charge in [-0.2, -0.15) is 0 Å². The molecule has 1 atom stereocenters. The van der Waals surface area contributed by atoms with Crippen molar-refractivity contribution in [2.24, 2.45) is 5.92 Å². The number of hydrogen-bond donors (Lipinski definition) is 2. The summed E-state index contributed by atoms with van der Waals surface area (Å²) in [6.45, 7) is 5.03. The summed E-state index contributed by atoms with van der Waals surface area (Å²) in [5, 5.41) is 12.0. The molecule has 5 nitrogen and oxygen atoms in total. The summed E-state index contributed by atoms with van der Waals surface area (Å²) in [4.78, 5) is 22.7. The zero-order valence-electron chi connectivity index (χ0n) is 11.6. The van der Waals surface area contributed by atoms with E-state index in [1.165, 1.54) is 0 Å². The van der Waals surface area contributed by atoms with E-state index >= 15 is 0 Å². The molecule has 110 valence electrons. The molecule has 0 saturated carbocycles. The smallest absolute Gasteiger partial charge is 0.326 e. The average Bonchev–Trinajstić information content (AvgIpc) is 2.34. The predicted octanol–water partition coefficient (Wildman–Crippen LogP) is 2.25. The maximum Gasteiger partial charge on any atom is 0.326 e. The number of carbonyl (C=O) groups excluding carboxylic acids is 1. The lowest BCUT2D eigenvalue weighted by Gasteiger charge is -2.18. The number of carboxylic acids is 1. The lowest BCUT2D eigenvalue weighted by molar-refractivity contribution is -0.143. The van der Waals surface area contributed by atoms with E-state index in [0.717, 1.165) is 5.56 Å². The number of hydrogen-bond acceptors (Lipinski definition) is 3. The average molecular weight is 300 g/mol. The SMILES string of the molecule is Cc1cc(Cl)ccc1OCC(=O)N[C@@H](C(=O)O)C(C)C. The fourth-order valence-electron chi connectivity index (χ4n) is 1.65. The second kappa shape index (κ2) is 7.14. The third kappa shape index (κ3) is 4.74. The van der Waals surface area contributed by atoms with Crippen molar-refractivity contribution in [3.63, 3.8) is 0 Å². The number of nitrogens with one attached hydrogen (secondary N) is 1. The summed E-state index contributed by atoms with van der Waals surface area (Å²) in [7, 11) is 0. The van der Waals surface area contributed by atoms with Gasteiger partial charge in [0.1, 0.15) is 11.8 Å². The molecule has 1 rings (SSSR count). The van der Waals surface area contributed by atoms with Crippen molar-refractivity contribution in [3.05, 3.63) is 28.8 Å². The van der Waals surface area contributed by atoms with Crippen LogP contribution in [0.2, 0.25) is 5.02 Å². The van der Waals surface area contributed by atoms with Gasteiger partial charge in [0.05, 0.1) is 0 Å². The standard InChI is InChI=1S/C14H18ClNO4/c1-8(2)13(14(18)19)16-12(17)7-20-11-5-4-10(15)6-9(11)3/h4-6,8,13H,7H2,1-3H3,(H,16,17)(H,18,19)/t13-/m1/s1. The van der Waals surface area contributed by atoms with Gasteiger partial charge < -0.3 is 15.2 Å². The topological polar surface area (TPSA) is 75.6 Å². The Bertz CT molecular complexity index is 502. The largest absolute Gasteiger partial charge is 0.484 e. The first-order chi connectivity index (χ1) is 9.31. The monoisotopic (exact) mass is 299 g/mol. The maximum absolute atomic E-state index is 11.7. The van der Waals surface area contributed by atoms with Gasteiger partial charge in [0, 0.05) is 5.02 Å². The number of ether oxygens (including phenoxy) is 1. The fraction of sp³-hybridized carbons (Fsp3) is 0.429. The normalized spacial score (nSPS) is 12.1. The van der Waals surface area contributed by atoms with Crippen LogP contribution in [-0.2, 0) is 9.59 Å². The van der Waals surface area contributed by atoms with E-state index in [-0.39, 0.29) is 12.5 Å². The third-order valence-electron chi connectivity index (χ3n) is 2.74. The molecule has 1 aromatic rings. The Hall–Kier alpha value is -1.75. The molecule has 0 saturated heterocycles. The van der Waals surface area contributed by atoms with Crippen molar-refractivity contribution in [2.45, 2.75) is 26.8 Å². The van der Waals surface area contributed by atoms with Gasteiger partial charge in [-0.15, -0.1) is 0 Å². The summed E-state index contributed by atoms with van der Waals surface area (Å²) < 4.78 is 5.35. The molecular formula is C14H18ClNO4. The number of carbonyl (C=O) groups is 2. The molecule has 0 bridgehead atoms. The number of aryl methyl sites for hydroxylation is 1. The molecule has 1 amide bonds. The molecule has 20 heavy (non-hydrogen) atoms. The molecule has 0 heterocycles. The second-order valence-corrected chi connectivity index (χ2v) is 5.26. The van der Waals surface area contributed by atoms with Crippen LogP contribution in [0.4, 0.5) is 0 Å². The van der Waals surface area contributed by atoms with Crippen molar-refractivity contribution in [1.29, 1.82) is 0 Å². The van der Waals surface area contributed by atoms with Crippen molar-refractivity contribution in [2.75, 3.05) is 6.61 Å². The van der Waals surface area contributed by atoms with E-state index < -0.39 is 17.9 Å². The highest BCUT2D eigenvalue weighted by molar-refractivity contribution is 6.30. The van der Waals surface area contributed by atoms with Crippen molar-refractivity contribution in [3.8, 4) is 5.75 Å².